The van der Waals surface area contributed by atoms with Gasteiger partial charge in [0.1, 0.15) is 12.3 Å². The number of carbonyl (C=O) groups is 1. The minimum Gasteiger partial charge on any atom is -0.493 e. The second-order valence-electron chi connectivity index (χ2n) is 8.14. The van der Waals surface area contributed by atoms with Crippen molar-refractivity contribution in [1.29, 1.82) is 0 Å². The number of hydrogen-bond acceptors (Lipinski definition) is 2. The van der Waals surface area contributed by atoms with Crippen LogP contribution in [-0.4, -0.2) is 33.2 Å². The molecule has 0 spiro atoms. The monoisotopic (exact) mass is 369 g/mol. The Kier molecular flexibility index (Phi) is 7.43. The molecule has 2 aromatic rings. The number of benzene rings is 2. The maximum absolute atomic E-state index is 11.6. The molecular formula is C23H33N2O2+. The zero-order valence-corrected chi connectivity index (χ0v) is 17.3. The first kappa shape index (κ1) is 21.0. The summed E-state index contributed by atoms with van der Waals surface area (Å²) in [6.45, 7) is 9.35. The van der Waals surface area contributed by atoms with Crippen molar-refractivity contribution in [3.05, 3.63) is 65.2 Å². The highest BCUT2D eigenvalue weighted by molar-refractivity contribution is 5.93. The van der Waals surface area contributed by atoms with E-state index in [2.05, 4.69) is 57.4 Å². The van der Waals surface area contributed by atoms with E-state index in [9.17, 15) is 4.79 Å². The van der Waals surface area contributed by atoms with Gasteiger partial charge in [0, 0.05) is 24.6 Å². The zero-order valence-electron chi connectivity index (χ0n) is 17.3. The molecule has 0 aliphatic carbocycles. The van der Waals surface area contributed by atoms with E-state index < -0.39 is 0 Å². The van der Waals surface area contributed by atoms with E-state index in [1.807, 2.05) is 24.3 Å². The van der Waals surface area contributed by atoms with Gasteiger partial charge in [-0.25, -0.2) is 0 Å². The molecule has 27 heavy (non-hydrogen) atoms. The molecule has 146 valence electrons. The van der Waals surface area contributed by atoms with Crippen LogP contribution in [0, 0.1) is 0 Å². The SMILES string of the molecule is CNC(=O)c1ccc(C[NH+](C)CCCOc2ccc(C(C)(C)C)cc2)cc1. The second kappa shape index (κ2) is 9.56. The van der Waals surface area contributed by atoms with Crippen molar-refractivity contribution in [3.8, 4) is 5.75 Å². The number of carbonyl (C=O) groups excluding carboxylic acids is 1. The average Bonchev–Trinajstić information content (AvgIpc) is 2.65. The van der Waals surface area contributed by atoms with Crippen molar-refractivity contribution in [2.24, 2.45) is 0 Å². The molecule has 4 heteroatoms. The predicted molar refractivity (Wildman–Crippen MR) is 111 cm³/mol. The summed E-state index contributed by atoms with van der Waals surface area (Å²) in [4.78, 5) is 13.0. The minimum absolute atomic E-state index is 0.0464. The van der Waals surface area contributed by atoms with Crippen molar-refractivity contribution in [1.82, 2.24) is 5.32 Å². The Bertz CT molecular complexity index is 716. The van der Waals surface area contributed by atoms with Crippen molar-refractivity contribution in [3.63, 3.8) is 0 Å². The summed E-state index contributed by atoms with van der Waals surface area (Å²) in [5.74, 6) is 0.889. The van der Waals surface area contributed by atoms with Crippen molar-refractivity contribution in [2.75, 3.05) is 27.2 Å². The van der Waals surface area contributed by atoms with E-state index in [1.54, 1.807) is 7.05 Å². The van der Waals surface area contributed by atoms with Crippen molar-refractivity contribution >= 4 is 5.91 Å². The third-order valence-electron chi connectivity index (χ3n) is 4.69. The summed E-state index contributed by atoms with van der Waals surface area (Å²) in [5.41, 5.74) is 3.42. The number of ether oxygens (including phenoxy) is 1. The predicted octanol–water partition coefficient (Wildman–Crippen LogP) is 2.83. The van der Waals surface area contributed by atoms with Gasteiger partial charge >= 0.3 is 0 Å². The van der Waals surface area contributed by atoms with Gasteiger partial charge in [0.2, 0.25) is 0 Å². The van der Waals surface area contributed by atoms with Crippen LogP contribution in [0.5, 0.6) is 5.75 Å². The van der Waals surface area contributed by atoms with E-state index in [0.717, 1.165) is 31.9 Å². The van der Waals surface area contributed by atoms with Crippen LogP contribution in [0.4, 0.5) is 0 Å². The number of rotatable bonds is 8. The first-order valence-corrected chi connectivity index (χ1v) is 9.65. The zero-order chi connectivity index (χ0) is 19.9. The number of hydrogen-bond donors (Lipinski definition) is 2. The number of quaternary nitrogens is 1. The smallest absolute Gasteiger partial charge is 0.251 e. The third kappa shape index (κ3) is 6.72. The normalized spacial score (nSPS) is 12.5. The quantitative estimate of drug-likeness (QED) is 0.703. The van der Waals surface area contributed by atoms with Crippen molar-refractivity contribution < 1.29 is 14.4 Å². The minimum atomic E-state index is -0.0464. The average molecular weight is 370 g/mol. The first-order valence-electron chi connectivity index (χ1n) is 9.65. The van der Waals surface area contributed by atoms with Crippen LogP contribution in [0.15, 0.2) is 48.5 Å². The summed E-state index contributed by atoms with van der Waals surface area (Å²) in [7, 11) is 3.83. The lowest BCUT2D eigenvalue weighted by molar-refractivity contribution is -0.894. The van der Waals surface area contributed by atoms with Gasteiger partial charge in [-0.15, -0.1) is 0 Å². The molecule has 0 bridgehead atoms. The molecule has 0 fully saturated rings. The topological polar surface area (TPSA) is 42.8 Å². The fourth-order valence-corrected chi connectivity index (χ4v) is 2.97. The second-order valence-corrected chi connectivity index (χ2v) is 8.14. The molecule has 0 aliphatic rings. The van der Waals surface area contributed by atoms with Gasteiger partial charge in [-0.2, -0.15) is 0 Å². The number of nitrogens with one attached hydrogen (secondary N) is 2. The lowest BCUT2D eigenvalue weighted by Gasteiger charge is -2.19. The molecule has 1 amide bonds. The van der Waals surface area contributed by atoms with Crippen LogP contribution in [0.25, 0.3) is 0 Å². The van der Waals surface area contributed by atoms with E-state index in [1.165, 1.54) is 16.0 Å². The van der Waals surface area contributed by atoms with Crippen LogP contribution in [-0.2, 0) is 12.0 Å². The molecule has 0 aliphatic heterocycles. The fraction of sp³-hybridized carbons (Fsp3) is 0.435. The largest absolute Gasteiger partial charge is 0.493 e. The molecule has 0 saturated carbocycles. The molecule has 1 unspecified atom stereocenters. The van der Waals surface area contributed by atoms with Gasteiger partial charge in [-0.1, -0.05) is 45.0 Å². The molecule has 1 atom stereocenters. The third-order valence-corrected chi connectivity index (χ3v) is 4.69. The van der Waals surface area contributed by atoms with Gasteiger partial charge in [-0.3, -0.25) is 4.79 Å². The molecular weight excluding hydrogens is 336 g/mol. The molecule has 2 N–H and O–H groups in total. The Morgan fingerprint density at radius 2 is 1.67 bits per heavy atom. The Morgan fingerprint density at radius 1 is 1.04 bits per heavy atom. The Morgan fingerprint density at radius 3 is 2.22 bits per heavy atom. The van der Waals surface area contributed by atoms with Crippen LogP contribution in [0.2, 0.25) is 0 Å². The summed E-state index contributed by atoms with van der Waals surface area (Å²) in [6.07, 6.45) is 1.00. The molecule has 4 nitrogen and oxygen atoms in total. The molecule has 0 saturated heterocycles. The summed E-state index contributed by atoms with van der Waals surface area (Å²) in [6, 6.07) is 16.2. The Hall–Kier alpha value is -2.33. The molecule has 0 radical (unpaired) electrons. The lowest BCUT2D eigenvalue weighted by Crippen LogP contribution is -3.07. The maximum Gasteiger partial charge on any atom is 0.251 e. The van der Waals surface area contributed by atoms with Crippen LogP contribution in [0.1, 0.15) is 48.7 Å². The van der Waals surface area contributed by atoms with Gasteiger partial charge in [-0.05, 0) is 35.2 Å². The van der Waals surface area contributed by atoms with E-state index in [0.29, 0.717) is 5.56 Å². The van der Waals surface area contributed by atoms with Gasteiger partial charge in [0.25, 0.3) is 5.91 Å². The molecule has 2 aromatic carbocycles. The molecule has 2 rings (SSSR count). The van der Waals surface area contributed by atoms with E-state index >= 15 is 0 Å². The summed E-state index contributed by atoms with van der Waals surface area (Å²) in [5, 5.41) is 2.64. The highest BCUT2D eigenvalue weighted by atomic mass is 16.5. The molecule has 0 heterocycles. The molecule has 0 aromatic heterocycles. The van der Waals surface area contributed by atoms with Gasteiger partial charge < -0.3 is 15.0 Å². The standard InChI is InChI=1S/C23H32N2O2/c1-23(2,3)20-11-13-21(14-12-20)27-16-6-15-25(5)17-18-7-9-19(10-8-18)22(26)24-4/h7-14H,6,15-17H2,1-5H3,(H,24,26)/p+1. The maximum atomic E-state index is 11.6. The lowest BCUT2D eigenvalue weighted by atomic mass is 9.87. The first-order chi connectivity index (χ1) is 12.8. The summed E-state index contributed by atoms with van der Waals surface area (Å²) < 4.78 is 5.87. The van der Waals surface area contributed by atoms with Crippen molar-refractivity contribution in [2.45, 2.75) is 39.2 Å². The van der Waals surface area contributed by atoms with Crippen LogP contribution in [0.3, 0.4) is 0 Å². The van der Waals surface area contributed by atoms with E-state index in [-0.39, 0.29) is 11.3 Å². The Balaban J connectivity index is 1.71. The summed E-state index contributed by atoms with van der Waals surface area (Å²) >= 11 is 0. The van der Waals surface area contributed by atoms with Gasteiger partial charge in [0.15, 0.2) is 0 Å². The van der Waals surface area contributed by atoms with Gasteiger partial charge in [0.05, 0.1) is 20.2 Å². The fourth-order valence-electron chi connectivity index (χ4n) is 2.97. The highest BCUT2D eigenvalue weighted by Crippen LogP contribution is 2.24. The Labute approximate surface area is 163 Å². The van der Waals surface area contributed by atoms with Crippen LogP contribution >= 0.6 is 0 Å². The van der Waals surface area contributed by atoms with Crippen LogP contribution < -0.4 is 15.0 Å². The highest BCUT2D eigenvalue weighted by Gasteiger charge is 2.13. The van der Waals surface area contributed by atoms with E-state index in [4.69, 9.17) is 4.74 Å². The number of amides is 1.